The van der Waals surface area contributed by atoms with Gasteiger partial charge in [0, 0.05) is 50.0 Å². The first-order valence-electron chi connectivity index (χ1n) is 13.7. The van der Waals surface area contributed by atoms with Crippen LogP contribution in [0.3, 0.4) is 0 Å². The van der Waals surface area contributed by atoms with E-state index in [-0.39, 0.29) is 29.1 Å². The van der Waals surface area contributed by atoms with Crippen molar-refractivity contribution >= 4 is 44.4 Å². The Bertz CT molecular complexity index is 1320. The summed E-state index contributed by atoms with van der Waals surface area (Å²) in [6, 6.07) is 11.9. The smallest absolute Gasteiger partial charge is 0.264 e. The Balaban J connectivity index is 0.00000441. The monoisotopic (exact) mass is 570 g/mol. The number of benzene rings is 2. The fourth-order valence-electron chi connectivity index (χ4n) is 4.57. The minimum atomic E-state index is -3.82. The second kappa shape index (κ2) is 12.3. The van der Waals surface area contributed by atoms with Crippen LogP contribution >= 0.6 is 0 Å². The zero-order valence-electron chi connectivity index (χ0n) is 24.0. The van der Waals surface area contributed by atoms with Crippen LogP contribution in [0.15, 0.2) is 52.4 Å². The number of amides is 1. The molecule has 0 radical (unpaired) electrons. The largest absolute Gasteiger partial charge is 0.383 e. The van der Waals surface area contributed by atoms with Crippen molar-refractivity contribution < 1.29 is 17.9 Å². The first-order chi connectivity index (χ1) is 18.2. The molecule has 1 aliphatic heterocycles. The van der Waals surface area contributed by atoms with Gasteiger partial charge in [0.25, 0.3) is 10.0 Å². The number of nitrogens with zero attached hydrogens (tertiary/aromatic N) is 2. The van der Waals surface area contributed by atoms with E-state index in [9.17, 15) is 13.2 Å². The summed E-state index contributed by atoms with van der Waals surface area (Å²) in [5, 5.41) is 6.39. The Morgan fingerprint density at radius 3 is 2.30 bits per heavy atom. The molecule has 40 heavy (non-hydrogen) atoms. The van der Waals surface area contributed by atoms with Crippen molar-refractivity contribution in [3.8, 4) is 0 Å². The van der Waals surface area contributed by atoms with Crippen molar-refractivity contribution in [2.45, 2.75) is 72.6 Å². The first-order valence-corrected chi connectivity index (χ1v) is 15.1. The fourth-order valence-corrected chi connectivity index (χ4v) is 5.75. The number of carbonyl (C=O) groups excluding carboxylic acids is 1. The van der Waals surface area contributed by atoms with Crippen molar-refractivity contribution in [1.29, 1.82) is 0 Å². The summed E-state index contributed by atoms with van der Waals surface area (Å²) in [7, 11) is -2.27. The molecule has 4 rings (SSSR count). The predicted octanol–water partition coefficient (Wildman–Crippen LogP) is 6.86. The Kier molecular flexibility index (Phi) is 9.73. The number of hydrogen-bond donors (Lipinski definition) is 2. The highest BCUT2D eigenvalue weighted by molar-refractivity contribution is 7.92. The number of sulfonamides is 1. The summed E-state index contributed by atoms with van der Waals surface area (Å²) in [5.41, 5.74) is 3.81. The van der Waals surface area contributed by atoms with Crippen LogP contribution in [0.5, 0.6) is 0 Å². The van der Waals surface area contributed by atoms with E-state index in [0.717, 1.165) is 56.1 Å². The third-order valence-electron chi connectivity index (χ3n) is 7.28. The molecule has 2 aromatic carbocycles. The molecule has 9 heteroatoms. The SMILES string of the molecule is C.CN(c1ccc(NCC2CCOCC2)c(N=C2CC2(C)C)c1)S(=O)(=O)c1ccc(NC(=O)CC(C)(C)C)cc1. The molecule has 0 spiro atoms. The van der Waals surface area contributed by atoms with E-state index in [4.69, 9.17) is 9.73 Å². The van der Waals surface area contributed by atoms with E-state index in [1.165, 1.54) is 16.4 Å². The normalized spacial score (nSPS) is 18.1. The standard InChI is InChI=1S/C30H42N4O4S.CH4/c1-29(2,3)19-28(35)32-22-7-10-24(11-8-22)39(36,37)34(6)23-9-12-25(31-20-21-13-15-38-16-14-21)26(17-23)33-27-18-30(27,4)5;/h7-12,17,21,31H,13-16,18-20H2,1-6H3,(H,32,35);1H4. The first kappa shape index (κ1) is 31.6. The van der Waals surface area contributed by atoms with E-state index in [1.54, 1.807) is 19.2 Å². The molecule has 0 unspecified atom stereocenters. The van der Waals surface area contributed by atoms with Gasteiger partial charge >= 0.3 is 0 Å². The van der Waals surface area contributed by atoms with Gasteiger partial charge < -0.3 is 15.4 Å². The van der Waals surface area contributed by atoms with E-state index in [2.05, 4.69) is 24.5 Å². The lowest BCUT2D eigenvalue weighted by atomic mass is 9.92. The van der Waals surface area contributed by atoms with Gasteiger partial charge in [-0.25, -0.2) is 8.42 Å². The van der Waals surface area contributed by atoms with Crippen LogP contribution in [-0.2, 0) is 19.6 Å². The minimum absolute atomic E-state index is 0. The van der Waals surface area contributed by atoms with Crippen molar-refractivity contribution in [1.82, 2.24) is 0 Å². The quantitative estimate of drug-likeness (QED) is 0.343. The van der Waals surface area contributed by atoms with Crippen LogP contribution in [-0.4, -0.2) is 46.8 Å². The molecule has 0 bridgehead atoms. The molecule has 1 amide bonds. The fraction of sp³-hybridized carbons (Fsp3) is 0.548. The van der Waals surface area contributed by atoms with Crippen LogP contribution in [0.2, 0.25) is 0 Å². The van der Waals surface area contributed by atoms with Gasteiger partial charge in [0.2, 0.25) is 5.91 Å². The number of rotatable bonds is 9. The summed E-state index contributed by atoms with van der Waals surface area (Å²) in [6.07, 6.45) is 3.37. The Morgan fingerprint density at radius 1 is 1.10 bits per heavy atom. The van der Waals surface area contributed by atoms with Gasteiger partial charge in [0.1, 0.15) is 0 Å². The van der Waals surface area contributed by atoms with Gasteiger partial charge in [-0.2, -0.15) is 0 Å². The van der Waals surface area contributed by atoms with Gasteiger partial charge in [-0.15, -0.1) is 0 Å². The molecule has 2 fully saturated rings. The number of nitrogens with one attached hydrogen (secondary N) is 2. The maximum atomic E-state index is 13.5. The molecule has 2 N–H and O–H groups in total. The second-order valence-electron chi connectivity index (χ2n) is 12.5. The Hall–Kier alpha value is -2.91. The highest BCUT2D eigenvalue weighted by Crippen LogP contribution is 2.44. The van der Waals surface area contributed by atoms with E-state index >= 15 is 0 Å². The Labute approximate surface area is 240 Å². The number of anilines is 3. The maximum Gasteiger partial charge on any atom is 0.264 e. The molecular formula is C31H46N4O4S. The van der Waals surface area contributed by atoms with E-state index in [0.29, 0.717) is 23.7 Å². The van der Waals surface area contributed by atoms with Gasteiger partial charge in [-0.05, 0) is 73.1 Å². The van der Waals surface area contributed by atoms with Gasteiger partial charge in [-0.3, -0.25) is 14.1 Å². The molecule has 1 aliphatic carbocycles. The molecule has 1 heterocycles. The van der Waals surface area contributed by atoms with Crippen LogP contribution in [0.4, 0.5) is 22.7 Å². The summed E-state index contributed by atoms with van der Waals surface area (Å²) in [6.45, 7) is 12.7. The van der Waals surface area contributed by atoms with Crippen LogP contribution in [0.25, 0.3) is 0 Å². The third kappa shape index (κ3) is 8.07. The predicted molar refractivity (Wildman–Crippen MR) is 165 cm³/mol. The van der Waals surface area contributed by atoms with Crippen molar-refractivity contribution in [2.24, 2.45) is 21.7 Å². The molecule has 2 aromatic rings. The van der Waals surface area contributed by atoms with Gasteiger partial charge in [0.05, 0.1) is 22.0 Å². The minimum Gasteiger partial charge on any atom is -0.383 e. The third-order valence-corrected chi connectivity index (χ3v) is 9.08. The average Bonchev–Trinajstić information content (AvgIpc) is 3.47. The van der Waals surface area contributed by atoms with Gasteiger partial charge in [-0.1, -0.05) is 42.0 Å². The van der Waals surface area contributed by atoms with Crippen molar-refractivity contribution in [3.63, 3.8) is 0 Å². The topological polar surface area (TPSA) is 100 Å². The van der Waals surface area contributed by atoms with Crippen LogP contribution in [0, 0.1) is 16.7 Å². The number of aliphatic imine (C=N–C) groups is 1. The molecule has 0 atom stereocenters. The molecule has 1 saturated heterocycles. The lowest BCUT2D eigenvalue weighted by Gasteiger charge is -2.24. The summed E-state index contributed by atoms with van der Waals surface area (Å²) in [5.74, 6) is 0.439. The maximum absolute atomic E-state index is 13.5. The lowest BCUT2D eigenvalue weighted by molar-refractivity contribution is -0.117. The molecule has 0 aromatic heterocycles. The number of ether oxygens (including phenoxy) is 1. The number of hydrogen-bond acceptors (Lipinski definition) is 6. The van der Waals surface area contributed by atoms with E-state index in [1.807, 2.05) is 39.0 Å². The van der Waals surface area contributed by atoms with Crippen molar-refractivity contribution in [2.75, 3.05) is 41.7 Å². The zero-order valence-corrected chi connectivity index (χ0v) is 24.8. The molecule has 8 nitrogen and oxygen atoms in total. The highest BCUT2D eigenvalue weighted by Gasteiger charge is 2.41. The Morgan fingerprint density at radius 2 is 1.73 bits per heavy atom. The lowest BCUT2D eigenvalue weighted by Crippen LogP contribution is -2.26. The molecule has 2 aliphatic rings. The summed E-state index contributed by atoms with van der Waals surface area (Å²) in [4.78, 5) is 17.3. The van der Waals surface area contributed by atoms with Gasteiger partial charge in [0.15, 0.2) is 0 Å². The van der Waals surface area contributed by atoms with Crippen LogP contribution in [0.1, 0.15) is 67.7 Å². The highest BCUT2D eigenvalue weighted by atomic mass is 32.2. The second-order valence-corrected chi connectivity index (χ2v) is 14.5. The van der Waals surface area contributed by atoms with Crippen LogP contribution < -0.4 is 14.9 Å². The zero-order chi connectivity index (χ0) is 28.4. The molecule has 220 valence electrons. The molecular weight excluding hydrogens is 524 g/mol. The van der Waals surface area contributed by atoms with E-state index < -0.39 is 10.0 Å². The molecule has 1 saturated carbocycles. The summed E-state index contributed by atoms with van der Waals surface area (Å²) < 4.78 is 33.8. The van der Waals surface area contributed by atoms with Crippen molar-refractivity contribution in [3.05, 3.63) is 42.5 Å². The number of carbonyl (C=O) groups is 1. The average molecular weight is 571 g/mol. The summed E-state index contributed by atoms with van der Waals surface area (Å²) >= 11 is 0.